The van der Waals surface area contributed by atoms with Crippen molar-refractivity contribution >= 4 is 60.7 Å². The molecule has 8 rings (SSSR count). The van der Waals surface area contributed by atoms with Crippen LogP contribution in [0.5, 0.6) is 0 Å². The molecule has 2 fully saturated rings. The molecule has 326 valence electrons. The fourth-order valence-corrected chi connectivity index (χ4v) is 10.3. The highest BCUT2D eigenvalue weighted by Gasteiger charge is 2.53. The predicted molar refractivity (Wildman–Crippen MR) is 225 cm³/mol. The second kappa shape index (κ2) is 17.3. The van der Waals surface area contributed by atoms with E-state index in [4.69, 9.17) is 35.0 Å². The first-order valence-electron chi connectivity index (χ1n) is 19.9. The molecule has 1 aromatic carbocycles. The molecule has 1 amide bonds. The molecule has 12 bridgehead atoms. The minimum Gasteiger partial charge on any atom is -0.408 e. The number of nitrogens with zero attached hydrogens (tertiary/aromatic N) is 9. The Morgan fingerprint density at radius 2 is 1.62 bits per heavy atom. The number of halogens is 2. The van der Waals surface area contributed by atoms with Crippen molar-refractivity contribution < 1.29 is 46.7 Å². The molecule has 22 heteroatoms. The molecular weight excluding hydrogens is 852 g/mol. The summed E-state index contributed by atoms with van der Waals surface area (Å²) in [6.07, 6.45) is -1.65. The number of fused-ring (bicyclic) bond motifs is 6. The van der Waals surface area contributed by atoms with E-state index in [2.05, 4.69) is 29.9 Å². The molecule has 3 unspecified atom stereocenters. The van der Waals surface area contributed by atoms with Crippen LogP contribution in [0.1, 0.15) is 55.7 Å². The number of hydrogen-bond acceptors (Lipinski definition) is 14. The van der Waals surface area contributed by atoms with Crippen molar-refractivity contribution in [3.8, 4) is 0 Å². The van der Waals surface area contributed by atoms with Crippen LogP contribution in [-0.2, 0) is 41.4 Å². The van der Waals surface area contributed by atoms with Crippen molar-refractivity contribution in [3.63, 3.8) is 0 Å². The van der Waals surface area contributed by atoms with Gasteiger partial charge in [-0.3, -0.25) is 18.8 Å². The van der Waals surface area contributed by atoms with Crippen LogP contribution in [0.3, 0.4) is 0 Å². The van der Waals surface area contributed by atoms with Crippen LogP contribution in [0.25, 0.3) is 22.3 Å². The fraction of sp³-hybridized carbons (Fsp3) is 0.513. The standard InChI is InChI=1S/C39H48F2N9O8PSSi/c1-39(2,3)61(4,5)58-32-26-17-54-22-59(53,60)57-31-25(16-51)55-37(27(31)40)49-20-46-29-24(42-18-43-33(29)49)14-10-7-11-15-48(36(52)23-12-8-6-9-13-23)34-30-35(45-19-44-34)50(21-47-30)38(56-26)28(32)41/h6-9,11-13,18-21,25-28,31-32,37-38,51H,10,14-17,22H2,1-5H3,(H,53,60)/b11-7+/t25-,26-,27-,28-,31-,32-,37?,38?,59?/m1/s1. The number of carbonyl (C=O) groups is 1. The van der Waals surface area contributed by atoms with Gasteiger partial charge in [0.25, 0.3) is 5.91 Å². The topological polar surface area (TPSA) is 194 Å². The molecule has 7 heterocycles. The Hall–Kier alpha value is -4.02. The number of benzene rings is 1. The largest absolute Gasteiger partial charge is 0.408 e. The Labute approximate surface area is 356 Å². The van der Waals surface area contributed by atoms with Gasteiger partial charge in [0.05, 0.1) is 31.6 Å². The number of aryl methyl sites for hydroxylation is 1. The lowest BCUT2D eigenvalue weighted by Crippen LogP contribution is -2.49. The molecular formula is C39H48F2N9O8PSSi. The molecule has 0 spiro atoms. The van der Waals surface area contributed by atoms with E-state index in [1.54, 1.807) is 24.3 Å². The number of allylic oxidation sites excluding steroid dienone is 1. The van der Waals surface area contributed by atoms with E-state index in [0.29, 0.717) is 35.3 Å². The van der Waals surface area contributed by atoms with E-state index < -0.39 is 77.0 Å². The third kappa shape index (κ3) is 8.57. The molecule has 4 aromatic heterocycles. The Kier molecular flexibility index (Phi) is 12.3. The van der Waals surface area contributed by atoms with Crippen molar-refractivity contribution in [2.24, 2.45) is 0 Å². The molecule has 3 aliphatic rings. The summed E-state index contributed by atoms with van der Waals surface area (Å²) in [4.78, 5) is 53.8. The third-order valence-electron chi connectivity index (χ3n) is 11.6. The van der Waals surface area contributed by atoms with Gasteiger partial charge in [-0.05, 0) is 54.9 Å². The van der Waals surface area contributed by atoms with E-state index in [9.17, 15) is 14.8 Å². The Morgan fingerprint density at radius 1 is 0.951 bits per heavy atom. The number of aromatic nitrogens is 8. The number of anilines is 1. The zero-order chi connectivity index (χ0) is 43.3. The summed E-state index contributed by atoms with van der Waals surface area (Å²) in [5.41, 5.74) is 2.17. The quantitative estimate of drug-likeness (QED) is 0.133. The highest BCUT2D eigenvalue weighted by Crippen LogP contribution is 2.49. The first kappa shape index (κ1) is 43.6. The first-order chi connectivity index (χ1) is 29.1. The number of alkyl halides is 2. The van der Waals surface area contributed by atoms with E-state index in [0.717, 1.165) is 0 Å². The molecule has 0 radical (unpaired) electrons. The average Bonchev–Trinajstić information content (AvgIpc) is 4.00. The number of aliphatic hydroxyl groups is 1. The van der Waals surface area contributed by atoms with Gasteiger partial charge in [0.1, 0.15) is 48.9 Å². The number of imidazole rings is 2. The number of rotatable bonds is 4. The lowest BCUT2D eigenvalue weighted by Gasteiger charge is -2.39. The summed E-state index contributed by atoms with van der Waals surface area (Å²) in [6, 6.07) is 8.75. The molecule has 2 N–H and O–H groups in total. The second-order valence-electron chi connectivity index (χ2n) is 16.7. The average molecular weight is 900 g/mol. The zero-order valence-electron chi connectivity index (χ0n) is 34.2. The van der Waals surface area contributed by atoms with Gasteiger partial charge in [-0.1, -0.05) is 51.1 Å². The van der Waals surface area contributed by atoms with Gasteiger partial charge in [0.15, 0.2) is 55.7 Å². The number of ether oxygens (including phenoxy) is 3. The first-order valence-corrected chi connectivity index (χ1v) is 25.7. The molecule has 2 saturated heterocycles. The van der Waals surface area contributed by atoms with E-state index >= 15 is 8.78 Å². The lowest BCUT2D eigenvalue weighted by atomic mass is 10.1. The van der Waals surface area contributed by atoms with Crippen LogP contribution in [0.15, 0.2) is 67.8 Å². The number of amides is 1. The molecule has 17 nitrogen and oxygen atoms in total. The summed E-state index contributed by atoms with van der Waals surface area (Å²) in [5, 5.41) is 9.91. The molecule has 5 aromatic rings. The minimum atomic E-state index is -3.92. The van der Waals surface area contributed by atoms with Gasteiger partial charge in [-0.15, -0.1) is 0 Å². The highest BCUT2D eigenvalue weighted by atomic mass is 32.5. The Balaban J connectivity index is 1.18. The summed E-state index contributed by atoms with van der Waals surface area (Å²) in [7, 11) is -2.63. The van der Waals surface area contributed by atoms with Crippen molar-refractivity contribution in [1.82, 2.24) is 39.0 Å². The van der Waals surface area contributed by atoms with Gasteiger partial charge in [-0.2, -0.15) is 0 Å². The van der Waals surface area contributed by atoms with Crippen LogP contribution < -0.4 is 4.90 Å². The number of carbonyl (C=O) groups excluding carboxylic acids is 1. The molecule has 0 saturated carbocycles. The van der Waals surface area contributed by atoms with Gasteiger partial charge in [-0.25, -0.2) is 38.7 Å². The van der Waals surface area contributed by atoms with Crippen LogP contribution in [0.4, 0.5) is 14.6 Å². The smallest absolute Gasteiger partial charge is 0.259 e. The van der Waals surface area contributed by atoms with Crippen LogP contribution in [-0.4, -0.2) is 126 Å². The molecule has 3 aliphatic heterocycles. The van der Waals surface area contributed by atoms with E-state index in [1.165, 1.54) is 39.3 Å². The fourth-order valence-electron chi connectivity index (χ4n) is 7.42. The van der Waals surface area contributed by atoms with Gasteiger partial charge in [0.2, 0.25) is 6.49 Å². The Bertz CT molecular complexity index is 2460. The van der Waals surface area contributed by atoms with Crippen molar-refractivity contribution in [2.45, 2.75) is 101 Å². The van der Waals surface area contributed by atoms with Gasteiger partial charge in [0, 0.05) is 12.1 Å². The molecule has 9 atom stereocenters. The summed E-state index contributed by atoms with van der Waals surface area (Å²) < 4.78 is 66.9. The third-order valence-corrected chi connectivity index (χ3v) is 17.7. The maximum Gasteiger partial charge on any atom is 0.259 e. The number of aliphatic hydroxyl groups excluding tert-OH is 1. The highest BCUT2D eigenvalue weighted by molar-refractivity contribution is 8.09. The Morgan fingerprint density at radius 3 is 2.33 bits per heavy atom. The van der Waals surface area contributed by atoms with Crippen molar-refractivity contribution in [2.75, 3.05) is 31.0 Å². The minimum absolute atomic E-state index is 0.0953. The van der Waals surface area contributed by atoms with Crippen LogP contribution in [0, 0.1) is 0 Å². The maximum atomic E-state index is 17.0. The van der Waals surface area contributed by atoms with E-state index in [1.807, 2.05) is 52.1 Å². The summed E-state index contributed by atoms with van der Waals surface area (Å²) >= 11 is 5.44. The second-order valence-corrected chi connectivity index (χ2v) is 24.9. The van der Waals surface area contributed by atoms with Gasteiger partial charge < -0.3 is 33.2 Å². The monoisotopic (exact) mass is 899 g/mol. The SMILES string of the molecule is CC(C)(C)[Si](C)(C)O[C@@H]1[C@H]2COCP(O)(=S)O[C@@H]3[C@@H](CO)OC([C@@H]3F)n3cnc4c(ncnc43)CC/C=C/CN(C(=O)c3ccccc3)c3ncnc4c3ncn4C(O2)[C@@H]1F. The zero-order valence-corrected chi connectivity index (χ0v) is 36.9. The number of hydrogen-bond donors (Lipinski definition) is 2. The maximum absolute atomic E-state index is 17.0. The molecule has 0 aliphatic carbocycles. The normalized spacial score (nSPS) is 29.9. The molecule has 61 heavy (non-hydrogen) atoms. The van der Waals surface area contributed by atoms with Crippen molar-refractivity contribution in [1.29, 1.82) is 0 Å². The predicted octanol–water partition coefficient (Wildman–Crippen LogP) is 5.33. The van der Waals surface area contributed by atoms with Crippen molar-refractivity contribution in [3.05, 3.63) is 79.1 Å². The van der Waals surface area contributed by atoms with Crippen LogP contribution >= 0.6 is 6.49 Å². The summed E-state index contributed by atoms with van der Waals surface area (Å²) in [5.74, 6) is -0.141. The van der Waals surface area contributed by atoms with E-state index in [-0.39, 0.29) is 41.1 Å². The van der Waals surface area contributed by atoms with Crippen LogP contribution in [0.2, 0.25) is 18.1 Å². The van der Waals surface area contributed by atoms with Gasteiger partial charge >= 0.3 is 0 Å². The lowest BCUT2D eigenvalue weighted by molar-refractivity contribution is -0.0577. The summed E-state index contributed by atoms with van der Waals surface area (Å²) in [6.45, 7) is 5.34.